The van der Waals surface area contributed by atoms with Crippen molar-refractivity contribution in [2.45, 2.75) is 30.4 Å². The van der Waals surface area contributed by atoms with E-state index >= 15 is 0 Å². The van der Waals surface area contributed by atoms with Gasteiger partial charge in [-0.25, -0.2) is 8.78 Å². The van der Waals surface area contributed by atoms with Gasteiger partial charge in [-0.05, 0) is 39.0 Å². The van der Waals surface area contributed by atoms with Crippen LogP contribution in [0, 0.1) is 11.6 Å². The molecule has 21 heavy (non-hydrogen) atoms. The molecule has 1 aromatic rings. The molecule has 0 fully saturated rings. The van der Waals surface area contributed by atoms with Gasteiger partial charge in [-0.1, -0.05) is 0 Å². The first-order valence-electron chi connectivity index (χ1n) is 6.43. The maximum atomic E-state index is 13.0. The van der Waals surface area contributed by atoms with Gasteiger partial charge < -0.3 is 5.32 Å². The second kappa shape index (κ2) is 7.89. The zero-order valence-corrected chi connectivity index (χ0v) is 13.9. The van der Waals surface area contributed by atoms with Crippen LogP contribution in [0.4, 0.5) is 8.78 Å². The average Bonchev–Trinajstić information content (AvgIpc) is 2.39. The summed E-state index contributed by atoms with van der Waals surface area (Å²) in [4.78, 5) is 12.1. The second-order valence-electron chi connectivity index (χ2n) is 5.38. The van der Waals surface area contributed by atoms with E-state index in [4.69, 9.17) is 0 Å². The topological polar surface area (TPSA) is 46.2 Å². The van der Waals surface area contributed by atoms with Gasteiger partial charge in [-0.2, -0.15) is 0 Å². The van der Waals surface area contributed by atoms with E-state index in [9.17, 15) is 17.8 Å². The summed E-state index contributed by atoms with van der Waals surface area (Å²) in [7, 11) is -1.01. The first kappa shape index (κ1) is 18.1. The van der Waals surface area contributed by atoms with Crippen molar-refractivity contribution in [1.29, 1.82) is 0 Å². The summed E-state index contributed by atoms with van der Waals surface area (Å²) >= 11 is 1.12. The molecule has 118 valence electrons. The van der Waals surface area contributed by atoms with E-state index in [2.05, 4.69) is 5.32 Å². The molecule has 0 heterocycles. The van der Waals surface area contributed by atoms with Crippen LogP contribution in [-0.2, 0) is 15.6 Å². The van der Waals surface area contributed by atoms with E-state index in [1.165, 1.54) is 6.07 Å². The molecule has 0 aromatic heterocycles. The molecule has 0 saturated carbocycles. The summed E-state index contributed by atoms with van der Waals surface area (Å²) < 4.78 is 37.2. The molecular weight excluding hydrogens is 316 g/mol. The van der Waals surface area contributed by atoms with E-state index < -0.39 is 22.4 Å². The third-order valence-corrected chi connectivity index (χ3v) is 5.49. The Kier molecular flexibility index (Phi) is 6.80. The molecule has 1 aromatic carbocycles. The minimum absolute atomic E-state index is 0.104. The number of carbonyl (C=O) groups excluding carboxylic acids is 1. The Balaban J connectivity index is 2.31. The zero-order valence-electron chi connectivity index (χ0n) is 12.2. The van der Waals surface area contributed by atoms with Crippen molar-refractivity contribution in [1.82, 2.24) is 5.32 Å². The lowest BCUT2D eigenvalue weighted by Gasteiger charge is -2.17. The monoisotopic (exact) mass is 335 g/mol. The van der Waals surface area contributed by atoms with Crippen LogP contribution in [0.2, 0.25) is 0 Å². The highest BCUT2D eigenvalue weighted by Crippen LogP contribution is 2.20. The fourth-order valence-electron chi connectivity index (χ4n) is 1.36. The number of nitrogens with one attached hydrogen (secondary N) is 1. The number of benzene rings is 1. The van der Waals surface area contributed by atoms with Crippen molar-refractivity contribution in [2.75, 3.05) is 18.1 Å². The summed E-state index contributed by atoms with van der Waals surface area (Å²) in [5.74, 6) is -1.57. The van der Waals surface area contributed by atoms with E-state index in [1.54, 1.807) is 0 Å². The average molecular weight is 335 g/mol. The van der Waals surface area contributed by atoms with Crippen molar-refractivity contribution in [3.63, 3.8) is 0 Å². The molecular formula is C14H19F2NO2S2. The smallest absolute Gasteiger partial charge is 0.230 e. The first-order valence-corrected chi connectivity index (χ1v) is 8.73. The van der Waals surface area contributed by atoms with Gasteiger partial charge in [0, 0.05) is 32.7 Å². The van der Waals surface area contributed by atoms with Crippen LogP contribution >= 0.6 is 11.8 Å². The molecule has 0 bridgehead atoms. The summed E-state index contributed by atoms with van der Waals surface area (Å²) in [6, 6.07) is 3.51. The molecule has 0 radical (unpaired) electrons. The third-order valence-electron chi connectivity index (χ3n) is 2.55. The van der Waals surface area contributed by atoms with Gasteiger partial charge in [-0.15, -0.1) is 11.8 Å². The lowest BCUT2D eigenvalue weighted by Crippen LogP contribution is -2.33. The van der Waals surface area contributed by atoms with Crippen LogP contribution in [0.15, 0.2) is 23.1 Å². The summed E-state index contributed by atoms with van der Waals surface area (Å²) in [6.07, 6.45) is 0. The van der Waals surface area contributed by atoms with Crippen molar-refractivity contribution >= 4 is 28.5 Å². The number of halogens is 2. The third kappa shape index (κ3) is 6.56. The van der Waals surface area contributed by atoms with Crippen LogP contribution in [0.1, 0.15) is 20.8 Å². The highest BCUT2D eigenvalue weighted by Gasteiger charge is 2.18. The fourth-order valence-corrected chi connectivity index (χ4v) is 3.01. The Bertz CT molecular complexity index is 530. The Hall–Kier alpha value is -0.950. The van der Waals surface area contributed by atoms with Gasteiger partial charge in [0.2, 0.25) is 5.91 Å². The molecule has 7 heteroatoms. The SMILES string of the molecule is CC(C)(C)S(=O)CCNC(=O)CSc1ccc(F)c(F)c1. The van der Waals surface area contributed by atoms with E-state index in [0.717, 1.165) is 23.9 Å². The predicted molar refractivity (Wildman–Crippen MR) is 82.9 cm³/mol. The van der Waals surface area contributed by atoms with Crippen LogP contribution in [0.3, 0.4) is 0 Å². The standard InChI is InChI=1S/C14H19F2NO2S2/c1-14(2,3)21(19)7-6-17-13(18)9-20-10-4-5-11(15)12(16)8-10/h4-5,8H,6-7,9H2,1-3H3,(H,17,18). The van der Waals surface area contributed by atoms with Crippen molar-refractivity contribution in [2.24, 2.45) is 0 Å². The normalized spacial score (nSPS) is 13.0. The van der Waals surface area contributed by atoms with E-state index in [1.807, 2.05) is 20.8 Å². The summed E-state index contributed by atoms with van der Waals surface area (Å²) in [5, 5.41) is 2.66. The molecule has 0 aliphatic heterocycles. The van der Waals surface area contributed by atoms with Crippen molar-refractivity contribution in [3.8, 4) is 0 Å². The highest BCUT2D eigenvalue weighted by molar-refractivity contribution is 8.00. The minimum atomic E-state index is -1.01. The number of rotatable bonds is 6. The lowest BCUT2D eigenvalue weighted by molar-refractivity contribution is -0.118. The lowest BCUT2D eigenvalue weighted by atomic mass is 10.3. The Morgan fingerprint density at radius 1 is 1.29 bits per heavy atom. The highest BCUT2D eigenvalue weighted by atomic mass is 32.2. The largest absolute Gasteiger partial charge is 0.354 e. The minimum Gasteiger partial charge on any atom is -0.354 e. The van der Waals surface area contributed by atoms with E-state index in [-0.39, 0.29) is 16.4 Å². The van der Waals surface area contributed by atoms with Gasteiger partial charge in [0.05, 0.1) is 5.75 Å². The number of amides is 1. The van der Waals surface area contributed by atoms with Gasteiger partial charge in [-0.3, -0.25) is 9.00 Å². The molecule has 1 rings (SSSR count). The number of thioether (sulfide) groups is 1. The Morgan fingerprint density at radius 3 is 2.52 bits per heavy atom. The fraction of sp³-hybridized carbons (Fsp3) is 0.500. The number of hydrogen-bond acceptors (Lipinski definition) is 3. The van der Waals surface area contributed by atoms with Crippen molar-refractivity contribution < 1.29 is 17.8 Å². The molecule has 0 aliphatic rings. The van der Waals surface area contributed by atoms with Crippen LogP contribution in [0.25, 0.3) is 0 Å². The number of carbonyl (C=O) groups is 1. The van der Waals surface area contributed by atoms with Crippen LogP contribution in [0.5, 0.6) is 0 Å². The predicted octanol–water partition coefficient (Wildman–Crippen LogP) is 2.72. The van der Waals surface area contributed by atoms with Gasteiger partial charge in [0.1, 0.15) is 0 Å². The number of hydrogen-bond donors (Lipinski definition) is 1. The molecule has 0 saturated heterocycles. The van der Waals surface area contributed by atoms with E-state index in [0.29, 0.717) is 17.2 Å². The summed E-state index contributed by atoms with van der Waals surface area (Å²) in [6.45, 7) is 5.97. The molecule has 0 spiro atoms. The van der Waals surface area contributed by atoms with Crippen LogP contribution in [-0.4, -0.2) is 32.9 Å². The van der Waals surface area contributed by atoms with Gasteiger partial charge in [0.15, 0.2) is 11.6 Å². The Labute approximate surface area is 130 Å². The zero-order chi connectivity index (χ0) is 16.0. The maximum absolute atomic E-state index is 13.0. The van der Waals surface area contributed by atoms with Crippen LogP contribution < -0.4 is 5.32 Å². The first-order chi connectivity index (χ1) is 9.70. The molecule has 1 N–H and O–H groups in total. The molecule has 1 atom stereocenters. The molecule has 3 nitrogen and oxygen atoms in total. The van der Waals surface area contributed by atoms with Gasteiger partial charge >= 0.3 is 0 Å². The quantitative estimate of drug-likeness (QED) is 0.813. The maximum Gasteiger partial charge on any atom is 0.230 e. The molecule has 1 unspecified atom stereocenters. The summed E-state index contributed by atoms with van der Waals surface area (Å²) in [5.41, 5.74) is 0. The van der Waals surface area contributed by atoms with Crippen molar-refractivity contribution in [3.05, 3.63) is 29.8 Å². The molecule has 0 aliphatic carbocycles. The molecule has 1 amide bonds. The Morgan fingerprint density at radius 2 is 1.95 bits per heavy atom. The second-order valence-corrected chi connectivity index (χ2v) is 8.75. The van der Waals surface area contributed by atoms with Gasteiger partial charge in [0.25, 0.3) is 0 Å².